The molecule has 19 heavy (non-hydrogen) atoms. The minimum absolute atomic E-state index is 0.141. The van der Waals surface area contributed by atoms with Crippen LogP contribution in [0.1, 0.15) is 16.0 Å². The third-order valence-electron chi connectivity index (χ3n) is 2.84. The van der Waals surface area contributed by atoms with Crippen molar-refractivity contribution in [2.24, 2.45) is 0 Å². The molecule has 0 aliphatic heterocycles. The fourth-order valence-corrected chi connectivity index (χ4v) is 3.00. The van der Waals surface area contributed by atoms with E-state index in [9.17, 15) is 0 Å². The molecule has 0 aliphatic rings. The van der Waals surface area contributed by atoms with E-state index in [1.807, 2.05) is 18.2 Å². The van der Waals surface area contributed by atoms with Crippen LogP contribution in [0.2, 0.25) is 0 Å². The molecule has 4 heteroatoms. The predicted octanol–water partition coefficient (Wildman–Crippen LogP) is 4.79. The first-order chi connectivity index (χ1) is 9.15. The highest BCUT2D eigenvalue weighted by Crippen LogP contribution is 2.36. The number of hydrogen-bond acceptors (Lipinski definition) is 2. The Kier molecular flexibility index (Phi) is 5.10. The smallest absolute Gasteiger partial charge is 0.161 e. The van der Waals surface area contributed by atoms with Gasteiger partial charge in [0.1, 0.15) is 0 Å². The van der Waals surface area contributed by atoms with Crippen LogP contribution < -0.4 is 9.47 Å². The van der Waals surface area contributed by atoms with Gasteiger partial charge in [0.25, 0.3) is 0 Å². The van der Waals surface area contributed by atoms with E-state index in [1.165, 1.54) is 9.13 Å². The van der Waals surface area contributed by atoms with Gasteiger partial charge in [0, 0.05) is 3.57 Å². The van der Waals surface area contributed by atoms with Gasteiger partial charge in [-0.1, -0.05) is 34.1 Å². The highest BCUT2D eigenvalue weighted by atomic mass is 127. The minimum atomic E-state index is 0.141. The summed E-state index contributed by atoms with van der Waals surface area (Å²) in [6, 6.07) is 14.4. The summed E-state index contributed by atoms with van der Waals surface area (Å²) >= 11 is 6.06. The van der Waals surface area contributed by atoms with Crippen LogP contribution in [0, 0.1) is 3.57 Å². The molecule has 2 rings (SSSR count). The van der Waals surface area contributed by atoms with Crippen molar-refractivity contribution < 1.29 is 9.47 Å². The van der Waals surface area contributed by atoms with E-state index in [4.69, 9.17) is 9.47 Å². The maximum Gasteiger partial charge on any atom is 0.161 e. The lowest BCUT2D eigenvalue weighted by Gasteiger charge is -2.14. The van der Waals surface area contributed by atoms with Gasteiger partial charge in [0.15, 0.2) is 11.5 Å². The predicted molar refractivity (Wildman–Crippen MR) is 89.5 cm³/mol. The fourth-order valence-electron chi connectivity index (χ4n) is 1.87. The van der Waals surface area contributed by atoms with Crippen molar-refractivity contribution in [3.05, 3.63) is 57.2 Å². The third-order valence-corrected chi connectivity index (χ3v) is 4.57. The molecule has 2 aromatic rings. The van der Waals surface area contributed by atoms with E-state index in [-0.39, 0.29) is 4.83 Å². The van der Waals surface area contributed by atoms with Gasteiger partial charge in [-0.3, -0.25) is 0 Å². The fraction of sp³-hybridized carbons (Fsp3) is 0.200. The lowest BCUT2D eigenvalue weighted by molar-refractivity contribution is 0.354. The summed E-state index contributed by atoms with van der Waals surface area (Å²) in [6.45, 7) is 0. The van der Waals surface area contributed by atoms with Crippen molar-refractivity contribution in [2.45, 2.75) is 4.83 Å². The van der Waals surface area contributed by atoms with Crippen LogP contribution in [0.4, 0.5) is 0 Å². The third kappa shape index (κ3) is 3.42. The Balaban J connectivity index is 2.36. The molecular weight excluding hydrogens is 419 g/mol. The number of benzene rings is 2. The number of alkyl halides is 1. The van der Waals surface area contributed by atoms with Gasteiger partial charge >= 0.3 is 0 Å². The Labute approximate surface area is 135 Å². The van der Waals surface area contributed by atoms with Crippen molar-refractivity contribution in [2.75, 3.05) is 14.2 Å². The minimum Gasteiger partial charge on any atom is -0.493 e. The van der Waals surface area contributed by atoms with Gasteiger partial charge in [-0.05, 0) is 58.0 Å². The van der Waals surface area contributed by atoms with Crippen molar-refractivity contribution in [3.63, 3.8) is 0 Å². The van der Waals surface area contributed by atoms with Crippen LogP contribution in [0.15, 0.2) is 42.5 Å². The first-order valence-corrected chi connectivity index (χ1v) is 7.76. The van der Waals surface area contributed by atoms with Crippen LogP contribution in [0.5, 0.6) is 11.5 Å². The number of ether oxygens (including phenoxy) is 2. The first-order valence-electron chi connectivity index (χ1n) is 5.77. The zero-order valence-electron chi connectivity index (χ0n) is 10.7. The Bertz CT molecular complexity index is 572. The van der Waals surface area contributed by atoms with Crippen molar-refractivity contribution >= 4 is 38.5 Å². The van der Waals surface area contributed by atoms with Crippen molar-refractivity contribution in [3.8, 4) is 11.5 Å². The van der Waals surface area contributed by atoms with Gasteiger partial charge < -0.3 is 9.47 Å². The Morgan fingerprint density at radius 3 is 2.26 bits per heavy atom. The van der Waals surface area contributed by atoms with Crippen LogP contribution in [-0.4, -0.2) is 14.2 Å². The lowest BCUT2D eigenvalue weighted by Crippen LogP contribution is -1.96. The van der Waals surface area contributed by atoms with Gasteiger partial charge in [0.05, 0.1) is 19.0 Å². The molecule has 2 aromatic carbocycles. The average molecular weight is 433 g/mol. The molecule has 0 heterocycles. The molecule has 0 aliphatic carbocycles. The van der Waals surface area contributed by atoms with Crippen LogP contribution in [0.3, 0.4) is 0 Å². The molecule has 0 saturated carbocycles. The van der Waals surface area contributed by atoms with E-state index in [0.29, 0.717) is 0 Å². The quantitative estimate of drug-likeness (QED) is 0.510. The summed E-state index contributed by atoms with van der Waals surface area (Å²) in [6.07, 6.45) is 0. The first kappa shape index (κ1) is 14.7. The maximum atomic E-state index is 5.34. The SMILES string of the molecule is COc1ccc(C(Br)c2cccc(I)c2)cc1OC. The highest BCUT2D eigenvalue weighted by Gasteiger charge is 2.13. The van der Waals surface area contributed by atoms with Crippen LogP contribution in [0.25, 0.3) is 0 Å². The second-order valence-corrected chi connectivity index (χ2v) is 6.19. The van der Waals surface area contributed by atoms with E-state index < -0.39 is 0 Å². The zero-order valence-corrected chi connectivity index (χ0v) is 14.4. The largest absolute Gasteiger partial charge is 0.493 e. The topological polar surface area (TPSA) is 18.5 Å². The van der Waals surface area contributed by atoms with Crippen molar-refractivity contribution in [1.82, 2.24) is 0 Å². The Morgan fingerprint density at radius 1 is 0.947 bits per heavy atom. The summed E-state index contributed by atoms with van der Waals surface area (Å²) in [7, 11) is 3.29. The Hall–Kier alpha value is -0.750. The van der Waals surface area contributed by atoms with E-state index >= 15 is 0 Å². The molecule has 0 bridgehead atoms. The standard InChI is InChI=1S/C15H14BrIO2/c1-18-13-7-6-11(9-14(13)19-2)15(16)10-4-3-5-12(17)8-10/h3-9,15H,1-2H3. The van der Waals surface area contributed by atoms with Crippen LogP contribution in [-0.2, 0) is 0 Å². The number of hydrogen-bond donors (Lipinski definition) is 0. The van der Waals surface area contributed by atoms with E-state index in [2.05, 4.69) is 62.8 Å². The van der Waals surface area contributed by atoms with Gasteiger partial charge in [-0.25, -0.2) is 0 Å². The molecule has 1 atom stereocenters. The monoisotopic (exact) mass is 432 g/mol. The summed E-state index contributed by atoms with van der Waals surface area (Å²) in [5.41, 5.74) is 2.36. The molecule has 1 unspecified atom stereocenters. The highest BCUT2D eigenvalue weighted by molar-refractivity contribution is 14.1. The second kappa shape index (κ2) is 6.61. The molecule has 0 radical (unpaired) electrons. The number of methoxy groups -OCH3 is 2. The summed E-state index contributed by atoms with van der Waals surface area (Å²) in [5, 5.41) is 0. The summed E-state index contributed by atoms with van der Waals surface area (Å²) in [4.78, 5) is 0.141. The molecule has 0 amide bonds. The van der Waals surface area contributed by atoms with E-state index in [1.54, 1.807) is 14.2 Å². The molecular formula is C15H14BrIO2. The van der Waals surface area contributed by atoms with Gasteiger partial charge in [-0.2, -0.15) is 0 Å². The van der Waals surface area contributed by atoms with Crippen molar-refractivity contribution in [1.29, 1.82) is 0 Å². The molecule has 0 saturated heterocycles. The average Bonchev–Trinajstić information content (AvgIpc) is 2.45. The number of halogens is 2. The van der Waals surface area contributed by atoms with Crippen LogP contribution >= 0.6 is 38.5 Å². The molecule has 100 valence electrons. The molecule has 0 N–H and O–H groups in total. The zero-order chi connectivity index (χ0) is 13.8. The van der Waals surface area contributed by atoms with Gasteiger partial charge in [0.2, 0.25) is 0 Å². The molecule has 0 aromatic heterocycles. The van der Waals surface area contributed by atoms with Gasteiger partial charge in [-0.15, -0.1) is 0 Å². The number of rotatable bonds is 4. The molecule has 2 nitrogen and oxygen atoms in total. The lowest BCUT2D eigenvalue weighted by atomic mass is 10.0. The van der Waals surface area contributed by atoms with E-state index in [0.717, 1.165) is 17.1 Å². The second-order valence-electron chi connectivity index (χ2n) is 4.03. The normalized spacial score (nSPS) is 12.0. The maximum absolute atomic E-state index is 5.34. The molecule has 0 spiro atoms. The summed E-state index contributed by atoms with van der Waals surface area (Å²) < 4.78 is 11.8. The summed E-state index contributed by atoms with van der Waals surface area (Å²) in [5.74, 6) is 1.49. The molecule has 0 fully saturated rings. The Morgan fingerprint density at radius 2 is 1.63 bits per heavy atom.